The van der Waals surface area contributed by atoms with Crippen molar-refractivity contribution >= 4 is 28.9 Å². The number of aryl methyl sites for hydroxylation is 1. The van der Waals surface area contributed by atoms with Crippen molar-refractivity contribution in [3.8, 4) is 0 Å². The summed E-state index contributed by atoms with van der Waals surface area (Å²) in [5.41, 5.74) is 1.15. The molecule has 2 aromatic rings. The zero-order chi connectivity index (χ0) is 17.1. The molecule has 2 rings (SSSR count). The smallest absolute Gasteiger partial charge is 0.229 e. The zero-order valence-electron chi connectivity index (χ0n) is 12.9. The molecule has 0 saturated carbocycles. The highest BCUT2D eigenvalue weighted by Crippen LogP contribution is 2.26. The summed E-state index contributed by atoms with van der Waals surface area (Å²) in [5, 5.41) is 6.29. The minimum Gasteiger partial charge on any atom is -0.373 e. The molecular weight excluding hydrogens is 328 g/mol. The van der Waals surface area contributed by atoms with Crippen LogP contribution in [-0.4, -0.2) is 25.2 Å². The Morgan fingerprint density at radius 1 is 1.35 bits per heavy atom. The van der Waals surface area contributed by atoms with Gasteiger partial charge in [-0.2, -0.15) is 0 Å². The molecule has 0 fully saturated rings. The van der Waals surface area contributed by atoms with Gasteiger partial charge >= 0.3 is 0 Å². The van der Waals surface area contributed by atoms with Crippen molar-refractivity contribution in [1.29, 1.82) is 0 Å². The first kappa shape index (κ1) is 17.2. The molecule has 1 N–H and O–H groups in total. The first-order chi connectivity index (χ1) is 10.8. The lowest BCUT2D eigenvalue weighted by atomic mass is 10.1. The number of carbonyl (C=O) groups excluding carboxylic acids is 1. The number of aromatic nitrogens is 1. The zero-order valence-corrected chi connectivity index (χ0v) is 13.7. The lowest BCUT2D eigenvalue weighted by Crippen LogP contribution is -2.16. The SMILES string of the molecule is Cc1noc(Cl)c1CCC(=O)Nc1cc(F)c(N(C)C)c(F)c1. The standard InChI is InChI=1S/C15H16ClF2N3O2/c1-8-10(15(16)23-20-8)4-5-13(22)19-9-6-11(17)14(21(2)3)12(18)7-9/h6-7H,4-5H2,1-3H3,(H,19,22). The lowest BCUT2D eigenvalue weighted by Gasteiger charge is -2.15. The van der Waals surface area contributed by atoms with Gasteiger partial charge in [-0.25, -0.2) is 8.78 Å². The number of nitrogens with zero attached hydrogens (tertiary/aromatic N) is 2. The second-order valence-corrected chi connectivity index (χ2v) is 5.59. The van der Waals surface area contributed by atoms with Gasteiger partial charge in [-0.05, 0) is 37.1 Å². The minimum atomic E-state index is -0.747. The predicted octanol–water partition coefficient (Wildman–Crippen LogP) is 3.55. The number of carbonyl (C=O) groups is 1. The number of hydrogen-bond acceptors (Lipinski definition) is 4. The van der Waals surface area contributed by atoms with Crippen LogP contribution in [0.2, 0.25) is 5.22 Å². The Bertz CT molecular complexity index is 689. The van der Waals surface area contributed by atoms with Crippen molar-refractivity contribution in [3.63, 3.8) is 0 Å². The van der Waals surface area contributed by atoms with Crippen molar-refractivity contribution in [2.45, 2.75) is 19.8 Å². The van der Waals surface area contributed by atoms with Crippen LogP contribution in [0.5, 0.6) is 0 Å². The molecule has 1 heterocycles. The van der Waals surface area contributed by atoms with Gasteiger partial charge in [-0.3, -0.25) is 4.79 Å². The number of anilines is 2. The fraction of sp³-hybridized carbons (Fsp3) is 0.333. The average molecular weight is 344 g/mol. The molecule has 0 unspecified atom stereocenters. The molecule has 0 bridgehead atoms. The van der Waals surface area contributed by atoms with E-state index in [1.807, 2.05) is 0 Å². The second-order valence-electron chi connectivity index (χ2n) is 5.25. The van der Waals surface area contributed by atoms with Gasteiger partial charge < -0.3 is 14.7 Å². The van der Waals surface area contributed by atoms with E-state index in [0.717, 1.165) is 12.1 Å². The highest BCUT2D eigenvalue weighted by Gasteiger charge is 2.16. The van der Waals surface area contributed by atoms with E-state index in [4.69, 9.17) is 16.1 Å². The molecule has 23 heavy (non-hydrogen) atoms. The first-order valence-corrected chi connectivity index (χ1v) is 7.24. The fourth-order valence-corrected chi connectivity index (χ4v) is 2.43. The molecular formula is C15H16ClF2N3O2. The molecule has 8 heteroatoms. The molecule has 0 aliphatic heterocycles. The van der Waals surface area contributed by atoms with Crippen molar-refractivity contribution in [2.24, 2.45) is 0 Å². The van der Waals surface area contributed by atoms with Gasteiger partial charge in [0.1, 0.15) is 5.69 Å². The summed E-state index contributed by atoms with van der Waals surface area (Å²) in [7, 11) is 3.07. The van der Waals surface area contributed by atoms with Crippen LogP contribution in [0.4, 0.5) is 20.2 Å². The maximum absolute atomic E-state index is 13.9. The molecule has 1 aromatic carbocycles. The maximum atomic E-state index is 13.9. The van der Waals surface area contributed by atoms with Crippen LogP contribution in [0.1, 0.15) is 17.7 Å². The molecule has 1 amide bonds. The van der Waals surface area contributed by atoms with Crippen LogP contribution in [0.25, 0.3) is 0 Å². The Morgan fingerprint density at radius 2 is 1.96 bits per heavy atom. The number of rotatable bonds is 5. The summed E-state index contributed by atoms with van der Waals surface area (Å²) >= 11 is 5.81. The van der Waals surface area contributed by atoms with Crippen LogP contribution >= 0.6 is 11.6 Å². The van der Waals surface area contributed by atoms with E-state index in [9.17, 15) is 13.6 Å². The molecule has 0 aliphatic rings. The second kappa shape index (κ2) is 6.95. The first-order valence-electron chi connectivity index (χ1n) is 6.86. The Kier molecular flexibility index (Phi) is 5.20. The summed E-state index contributed by atoms with van der Waals surface area (Å²) in [6.45, 7) is 1.72. The summed E-state index contributed by atoms with van der Waals surface area (Å²) in [5.74, 6) is -1.88. The monoisotopic (exact) mass is 343 g/mol. The van der Waals surface area contributed by atoms with Gasteiger partial charge in [-0.15, -0.1) is 0 Å². The fourth-order valence-electron chi connectivity index (χ4n) is 2.17. The van der Waals surface area contributed by atoms with Crippen LogP contribution in [0.3, 0.4) is 0 Å². The third-order valence-corrected chi connectivity index (χ3v) is 3.58. The Morgan fingerprint density at radius 3 is 2.43 bits per heavy atom. The Balaban J connectivity index is 2.03. The molecule has 0 saturated heterocycles. The van der Waals surface area contributed by atoms with Crippen LogP contribution in [0.15, 0.2) is 16.7 Å². The Hall–Kier alpha value is -2.15. The van der Waals surface area contributed by atoms with Gasteiger partial charge in [0.25, 0.3) is 0 Å². The highest BCUT2D eigenvalue weighted by atomic mass is 35.5. The normalized spacial score (nSPS) is 10.7. The Labute approximate surface area is 137 Å². The van der Waals surface area contributed by atoms with Gasteiger partial charge in [-0.1, -0.05) is 5.16 Å². The van der Waals surface area contributed by atoms with Crippen LogP contribution < -0.4 is 10.2 Å². The van der Waals surface area contributed by atoms with E-state index in [1.54, 1.807) is 6.92 Å². The lowest BCUT2D eigenvalue weighted by molar-refractivity contribution is -0.116. The van der Waals surface area contributed by atoms with Crippen molar-refractivity contribution in [3.05, 3.63) is 40.2 Å². The van der Waals surface area contributed by atoms with Crippen LogP contribution in [0, 0.1) is 18.6 Å². The maximum Gasteiger partial charge on any atom is 0.229 e. The highest BCUT2D eigenvalue weighted by molar-refractivity contribution is 6.29. The quantitative estimate of drug-likeness (QED) is 0.902. The molecule has 0 atom stereocenters. The number of nitrogens with one attached hydrogen (secondary N) is 1. The molecule has 124 valence electrons. The van der Waals surface area contributed by atoms with E-state index in [0.29, 0.717) is 17.7 Å². The summed E-state index contributed by atoms with van der Waals surface area (Å²) in [6, 6.07) is 2.15. The van der Waals surface area contributed by atoms with Gasteiger partial charge in [0.2, 0.25) is 11.1 Å². The molecule has 5 nitrogen and oxygen atoms in total. The van der Waals surface area contributed by atoms with Gasteiger partial charge in [0.15, 0.2) is 11.6 Å². The van der Waals surface area contributed by atoms with E-state index >= 15 is 0 Å². The van der Waals surface area contributed by atoms with E-state index in [1.165, 1.54) is 19.0 Å². The summed E-state index contributed by atoms with van der Waals surface area (Å²) < 4.78 is 32.5. The number of hydrogen-bond donors (Lipinski definition) is 1. The number of halogens is 3. The van der Waals surface area contributed by atoms with Crippen molar-refractivity contribution in [2.75, 3.05) is 24.3 Å². The van der Waals surface area contributed by atoms with E-state index in [2.05, 4.69) is 10.5 Å². The third-order valence-electron chi connectivity index (χ3n) is 3.29. The van der Waals surface area contributed by atoms with Crippen molar-refractivity contribution < 1.29 is 18.1 Å². The van der Waals surface area contributed by atoms with Gasteiger partial charge in [0, 0.05) is 31.8 Å². The summed E-state index contributed by atoms with van der Waals surface area (Å²) in [4.78, 5) is 13.2. The molecule has 0 radical (unpaired) electrons. The van der Waals surface area contributed by atoms with Crippen molar-refractivity contribution in [1.82, 2.24) is 5.16 Å². The number of amides is 1. The minimum absolute atomic E-state index is 0.0590. The third kappa shape index (κ3) is 3.98. The molecule has 1 aromatic heterocycles. The number of benzene rings is 1. The van der Waals surface area contributed by atoms with Gasteiger partial charge in [0.05, 0.1) is 5.69 Å². The molecule has 0 spiro atoms. The summed E-state index contributed by atoms with van der Waals surface area (Å²) in [6.07, 6.45) is 0.404. The molecule has 0 aliphatic carbocycles. The van der Waals surface area contributed by atoms with E-state index < -0.39 is 17.5 Å². The predicted molar refractivity (Wildman–Crippen MR) is 83.9 cm³/mol. The largest absolute Gasteiger partial charge is 0.373 e. The van der Waals surface area contributed by atoms with Crippen LogP contribution in [-0.2, 0) is 11.2 Å². The van der Waals surface area contributed by atoms with E-state index in [-0.39, 0.29) is 23.0 Å². The topological polar surface area (TPSA) is 58.4 Å². The average Bonchev–Trinajstić information content (AvgIpc) is 2.74.